The van der Waals surface area contributed by atoms with Crippen LogP contribution in [0.2, 0.25) is 5.02 Å². The number of ether oxygens (including phenoxy) is 3. The van der Waals surface area contributed by atoms with Gasteiger partial charge in [-0.15, -0.1) is 0 Å². The van der Waals surface area contributed by atoms with E-state index in [1.165, 1.54) is 12.1 Å². The van der Waals surface area contributed by atoms with Gasteiger partial charge in [0.05, 0.1) is 47.6 Å². The van der Waals surface area contributed by atoms with Gasteiger partial charge in [0.15, 0.2) is 5.78 Å². The maximum Gasteiger partial charge on any atom is 0.308 e. The van der Waals surface area contributed by atoms with Gasteiger partial charge in [-0.25, -0.2) is 9.29 Å². The van der Waals surface area contributed by atoms with Crippen molar-refractivity contribution in [2.75, 3.05) is 38.2 Å². The number of rotatable bonds is 11. The van der Waals surface area contributed by atoms with Crippen molar-refractivity contribution in [3.05, 3.63) is 64.6 Å². The van der Waals surface area contributed by atoms with Gasteiger partial charge in [0.2, 0.25) is 5.85 Å². The molecule has 3 aromatic rings. The lowest BCUT2D eigenvalue weighted by atomic mass is 9.87. The summed E-state index contributed by atoms with van der Waals surface area (Å²) in [5.41, 5.74) is 1.61. The Labute approximate surface area is 290 Å². The first kappa shape index (κ1) is 34.1. The highest BCUT2D eigenvalue weighted by Crippen LogP contribution is 2.42. The molecule has 0 unspecified atom stereocenters. The summed E-state index contributed by atoms with van der Waals surface area (Å²) < 4.78 is 36.0. The number of amides is 1. The first-order valence-electron chi connectivity index (χ1n) is 17.5. The molecule has 3 atom stereocenters. The molecule has 7 rings (SSSR count). The highest BCUT2D eigenvalue weighted by molar-refractivity contribution is 6.34. The molecule has 0 spiro atoms. The van der Waals surface area contributed by atoms with Gasteiger partial charge >= 0.3 is 5.97 Å². The average molecular weight is 695 g/mol. The van der Waals surface area contributed by atoms with Crippen LogP contribution in [0.3, 0.4) is 0 Å². The Morgan fingerprint density at radius 1 is 1.10 bits per heavy atom. The van der Waals surface area contributed by atoms with E-state index >= 15 is 4.39 Å². The topological polar surface area (TPSA) is 102 Å². The van der Waals surface area contributed by atoms with E-state index in [1.54, 1.807) is 6.20 Å². The van der Waals surface area contributed by atoms with Crippen molar-refractivity contribution in [2.45, 2.75) is 82.4 Å². The average Bonchev–Trinajstić information content (AvgIpc) is 3.93. The Hall–Kier alpha value is -3.35. The Morgan fingerprint density at radius 3 is 2.55 bits per heavy atom. The molecule has 2 aromatic carbocycles. The molecular formula is C37H44ClFN4O6. The van der Waals surface area contributed by atoms with E-state index in [-0.39, 0.29) is 58.6 Å². The predicted molar refractivity (Wildman–Crippen MR) is 183 cm³/mol. The lowest BCUT2D eigenvalue weighted by Gasteiger charge is -2.51. The zero-order valence-corrected chi connectivity index (χ0v) is 28.8. The molecule has 262 valence electrons. The minimum atomic E-state index is -1.40. The van der Waals surface area contributed by atoms with Crippen LogP contribution < -0.4 is 5.32 Å². The lowest BCUT2D eigenvalue weighted by molar-refractivity contribution is -0.267. The zero-order chi connectivity index (χ0) is 34.3. The van der Waals surface area contributed by atoms with Gasteiger partial charge in [-0.3, -0.25) is 19.3 Å². The molecule has 4 aliphatic rings. The number of Topliss-reactive ketones (excluding diaryl/α,β-unsaturated/α-hetero) is 1. The normalized spacial score (nSPS) is 25.5. The summed E-state index contributed by atoms with van der Waals surface area (Å²) >= 11 is 6.67. The second kappa shape index (κ2) is 14.1. The summed E-state index contributed by atoms with van der Waals surface area (Å²) in [6.07, 6.45) is 6.41. The third-order valence-corrected chi connectivity index (χ3v) is 11.0. The van der Waals surface area contributed by atoms with Gasteiger partial charge in [0, 0.05) is 56.2 Å². The smallest absolute Gasteiger partial charge is 0.308 e. The van der Waals surface area contributed by atoms with Gasteiger partial charge in [0.1, 0.15) is 5.82 Å². The fraction of sp³-hybridized carbons (Fsp3) is 0.541. The van der Waals surface area contributed by atoms with Crippen LogP contribution in [-0.2, 0) is 37.3 Å². The van der Waals surface area contributed by atoms with Crippen LogP contribution in [0.4, 0.5) is 10.1 Å². The molecule has 10 nitrogen and oxygen atoms in total. The van der Waals surface area contributed by atoms with E-state index in [0.717, 1.165) is 30.2 Å². The summed E-state index contributed by atoms with van der Waals surface area (Å²) in [6.45, 7) is 4.58. The predicted octanol–water partition coefficient (Wildman–Crippen LogP) is 5.70. The third kappa shape index (κ3) is 6.52. The highest BCUT2D eigenvalue weighted by atomic mass is 35.5. The molecule has 3 aliphatic heterocycles. The van der Waals surface area contributed by atoms with Gasteiger partial charge in [-0.1, -0.05) is 29.8 Å². The second-order valence-electron chi connectivity index (χ2n) is 13.8. The van der Waals surface area contributed by atoms with Crippen molar-refractivity contribution in [3.8, 4) is 0 Å². The minimum absolute atomic E-state index is 0.00510. The molecule has 4 fully saturated rings. The Bertz CT molecular complexity index is 1730. The number of aromatic nitrogens is 1. The summed E-state index contributed by atoms with van der Waals surface area (Å²) in [7, 11) is 1.86. The molecular weight excluding hydrogens is 651 g/mol. The number of halogens is 2. The van der Waals surface area contributed by atoms with E-state index < -0.39 is 17.6 Å². The standard InChI is InChI=1S/C37H44ClFN4O6/c1-3-47-36(46)23-10-12-26(13-11-23)49-37(42-14-6-7-15-42,43-20-27-18-25(43)22-48-27)34(44)17-24-16-30(38)32(19-31(24)39)40-35(45)29-21-41(2)33-9-5-4-8-28(29)33/h4-5,8-9,16,19,21,23,25-27H,3,6-7,10-15,17-18,20,22H2,1-2H3,(H,40,45)/t23?,25-,26?,27+,37-/m0/s1. The molecule has 2 bridgehead atoms. The van der Waals surface area contributed by atoms with Crippen LogP contribution in [-0.4, -0.2) is 89.0 Å². The quantitative estimate of drug-likeness (QED) is 0.256. The van der Waals surface area contributed by atoms with E-state index in [2.05, 4.69) is 15.1 Å². The summed E-state index contributed by atoms with van der Waals surface area (Å²) in [5.74, 6) is -3.06. The fourth-order valence-corrected chi connectivity index (χ4v) is 8.48. The number of aryl methyl sites for hydroxylation is 1. The molecule has 1 aromatic heterocycles. The number of carbonyl (C=O) groups is 3. The minimum Gasteiger partial charge on any atom is -0.466 e. The number of carbonyl (C=O) groups excluding carboxylic acids is 3. The van der Waals surface area contributed by atoms with Crippen LogP contribution in [0, 0.1) is 11.7 Å². The summed E-state index contributed by atoms with van der Waals surface area (Å²) in [5, 5.41) is 3.68. The summed E-state index contributed by atoms with van der Waals surface area (Å²) in [4.78, 5) is 44.9. The number of morpholine rings is 1. The number of hydrogen-bond acceptors (Lipinski definition) is 8. The Morgan fingerprint density at radius 2 is 1.86 bits per heavy atom. The van der Waals surface area contributed by atoms with Gasteiger partial charge in [0.25, 0.3) is 5.91 Å². The highest BCUT2D eigenvalue weighted by Gasteiger charge is 2.58. The van der Waals surface area contributed by atoms with Gasteiger partial charge in [-0.05, 0) is 75.6 Å². The van der Waals surface area contributed by atoms with Crippen LogP contribution in [0.5, 0.6) is 0 Å². The van der Waals surface area contributed by atoms with Crippen molar-refractivity contribution in [2.24, 2.45) is 13.0 Å². The van der Waals surface area contributed by atoms with E-state index in [0.29, 0.717) is 64.1 Å². The van der Waals surface area contributed by atoms with Crippen molar-refractivity contribution < 1.29 is 33.0 Å². The molecule has 1 amide bonds. The van der Waals surface area contributed by atoms with Gasteiger partial charge in [-0.2, -0.15) is 0 Å². The van der Waals surface area contributed by atoms with Crippen molar-refractivity contribution >= 4 is 45.9 Å². The number of para-hydroxylation sites is 1. The molecule has 3 saturated heterocycles. The van der Waals surface area contributed by atoms with Crippen LogP contribution in [0.1, 0.15) is 67.8 Å². The molecule has 4 heterocycles. The van der Waals surface area contributed by atoms with Crippen LogP contribution in [0.15, 0.2) is 42.6 Å². The fourth-order valence-electron chi connectivity index (χ4n) is 8.25. The molecule has 0 radical (unpaired) electrons. The number of likely N-dealkylation sites (tertiary alicyclic amines) is 2. The number of hydrogen-bond donors (Lipinski definition) is 1. The SMILES string of the molecule is CCOC(=O)C1CCC(O[C@@](C(=O)Cc2cc(Cl)c(NC(=O)c3cn(C)c4ccccc34)cc2F)(N2CCCC2)N2C[C@H]3C[C@H]2CO3)CC1. The molecule has 12 heteroatoms. The van der Waals surface area contributed by atoms with E-state index in [4.69, 9.17) is 25.8 Å². The first-order valence-corrected chi connectivity index (χ1v) is 17.9. The monoisotopic (exact) mass is 694 g/mol. The van der Waals surface area contributed by atoms with E-state index in [1.807, 2.05) is 42.8 Å². The van der Waals surface area contributed by atoms with Crippen molar-refractivity contribution in [1.82, 2.24) is 14.4 Å². The first-order chi connectivity index (χ1) is 23.7. The second-order valence-corrected chi connectivity index (χ2v) is 14.2. The number of benzene rings is 2. The number of fused-ring (bicyclic) bond motifs is 3. The van der Waals surface area contributed by atoms with Crippen LogP contribution >= 0.6 is 11.6 Å². The number of nitrogens with zero attached hydrogens (tertiary/aromatic N) is 3. The number of anilines is 1. The lowest BCUT2D eigenvalue weighted by Crippen LogP contribution is -2.70. The molecule has 1 aliphatic carbocycles. The van der Waals surface area contributed by atoms with Crippen molar-refractivity contribution in [3.63, 3.8) is 0 Å². The van der Waals surface area contributed by atoms with E-state index in [9.17, 15) is 14.4 Å². The van der Waals surface area contributed by atoms with Crippen molar-refractivity contribution in [1.29, 1.82) is 0 Å². The largest absolute Gasteiger partial charge is 0.466 e. The van der Waals surface area contributed by atoms with Crippen LogP contribution in [0.25, 0.3) is 10.9 Å². The Balaban J connectivity index is 1.15. The molecule has 49 heavy (non-hydrogen) atoms. The zero-order valence-electron chi connectivity index (χ0n) is 28.1. The molecule has 1 N–H and O–H groups in total. The van der Waals surface area contributed by atoms with Gasteiger partial charge < -0.3 is 24.1 Å². The molecule has 1 saturated carbocycles. The summed E-state index contributed by atoms with van der Waals surface area (Å²) in [6, 6.07) is 10.2. The number of esters is 1. The Kier molecular flexibility index (Phi) is 9.82. The maximum atomic E-state index is 15.9. The maximum absolute atomic E-state index is 15.9. The number of ketones is 1. The number of nitrogens with one attached hydrogen (secondary N) is 1. The third-order valence-electron chi connectivity index (χ3n) is 10.7.